The van der Waals surface area contributed by atoms with E-state index in [0.29, 0.717) is 24.9 Å². The first kappa shape index (κ1) is 23.1. The lowest BCUT2D eigenvalue weighted by atomic mass is 9.82. The van der Waals surface area contributed by atoms with E-state index >= 15 is 0 Å². The molecule has 0 unspecified atom stereocenters. The Morgan fingerprint density at radius 2 is 2.00 bits per heavy atom. The third-order valence-corrected chi connectivity index (χ3v) is 7.83. The van der Waals surface area contributed by atoms with Gasteiger partial charge < -0.3 is 14.2 Å². The number of hydrogen-bond acceptors (Lipinski definition) is 7. The lowest BCUT2D eigenvalue weighted by Crippen LogP contribution is -2.51. The SMILES string of the molecule is CN(Cc1ccon1)Cc1ccc2n(c1=O)C[C@H]1C[C@@H]2CN(C2CCSCC2)C1.O=CO. The van der Waals surface area contributed by atoms with Crippen molar-refractivity contribution in [2.24, 2.45) is 5.92 Å². The zero-order chi connectivity index (χ0) is 22.5. The third kappa shape index (κ3) is 5.27. The van der Waals surface area contributed by atoms with E-state index in [0.717, 1.165) is 36.9 Å². The van der Waals surface area contributed by atoms with Crippen molar-refractivity contribution in [1.82, 2.24) is 19.5 Å². The molecule has 2 saturated heterocycles. The van der Waals surface area contributed by atoms with E-state index in [9.17, 15) is 4.79 Å². The van der Waals surface area contributed by atoms with Gasteiger partial charge in [-0.25, -0.2) is 0 Å². The molecule has 32 heavy (non-hydrogen) atoms. The van der Waals surface area contributed by atoms with Gasteiger partial charge in [0.15, 0.2) is 0 Å². The fraction of sp³-hybridized carbons (Fsp3) is 0.609. The minimum atomic E-state index is -0.250. The second kappa shape index (κ2) is 10.7. The summed E-state index contributed by atoms with van der Waals surface area (Å²) in [6.45, 7) is 4.22. The van der Waals surface area contributed by atoms with Gasteiger partial charge in [0, 0.05) is 62.0 Å². The average Bonchev–Trinajstić information content (AvgIpc) is 3.30. The van der Waals surface area contributed by atoms with Gasteiger partial charge in [-0.05, 0) is 49.8 Å². The number of likely N-dealkylation sites (tertiary alicyclic amines) is 1. The van der Waals surface area contributed by atoms with Gasteiger partial charge in [-0.1, -0.05) is 11.2 Å². The zero-order valence-electron chi connectivity index (χ0n) is 18.6. The van der Waals surface area contributed by atoms with Gasteiger partial charge in [-0.2, -0.15) is 11.8 Å². The molecule has 1 N–H and O–H groups in total. The molecule has 2 aromatic heterocycles. The van der Waals surface area contributed by atoms with Crippen LogP contribution in [0.2, 0.25) is 0 Å². The highest BCUT2D eigenvalue weighted by atomic mass is 32.2. The number of carbonyl (C=O) groups is 1. The van der Waals surface area contributed by atoms with Crippen molar-refractivity contribution in [2.75, 3.05) is 31.6 Å². The van der Waals surface area contributed by atoms with E-state index < -0.39 is 0 Å². The standard InChI is InChI=1S/C22H30N4O2S.CH2O2/c1-24(15-19-4-7-28-23-19)13-17-2-3-21-18-10-16(12-26(21)22(17)27)11-25(14-18)20-5-8-29-9-6-20;2-1-3/h2-4,7,16,18,20H,5-6,8-15H2,1H3;1H,(H,2,3)/t16-,18+;/m0./s1. The highest BCUT2D eigenvalue weighted by Gasteiger charge is 2.37. The van der Waals surface area contributed by atoms with Crippen LogP contribution in [0.15, 0.2) is 33.8 Å². The van der Waals surface area contributed by atoms with Crippen molar-refractivity contribution in [3.05, 3.63) is 51.8 Å². The minimum absolute atomic E-state index is 0.201. The highest BCUT2D eigenvalue weighted by molar-refractivity contribution is 7.99. The first-order valence-corrected chi connectivity index (χ1v) is 12.4. The van der Waals surface area contributed by atoms with Crippen molar-refractivity contribution < 1.29 is 14.4 Å². The van der Waals surface area contributed by atoms with E-state index in [1.165, 1.54) is 36.5 Å². The summed E-state index contributed by atoms with van der Waals surface area (Å²) < 4.78 is 7.00. The van der Waals surface area contributed by atoms with Crippen LogP contribution in [0.1, 0.15) is 42.1 Å². The summed E-state index contributed by atoms with van der Waals surface area (Å²) in [6, 6.07) is 6.91. The van der Waals surface area contributed by atoms with Crippen LogP contribution in [0.4, 0.5) is 0 Å². The maximum atomic E-state index is 13.3. The summed E-state index contributed by atoms with van der Waals surface area (Å²) >= 11 is 2.10. The maximum Gasteiger partial charge on any atom is 0.290 e. The number of rotatable bonds is 5. The highest BCUT2D eigenvalue weighted by Crippen LogP contribution is 2.37. The Hall–Kier alpha value is -2.10. The van der Waals surface area contributed by atoms with Gasteiger partial charge in [-0.15, -0.1) is 0 Å². The summed E-state index contributed by atoms with van der Waals surface area (Å²) in [7, 11) is 2.02. The molecule has 0 amide bonds. The Bertz CT molecular complexity index is 942. The lowest BCUT2D eigenvalue weighted by Gasteiger charge is -2.46. The Morgan fingerprint density at radius 3 is 2.72 bits per heavy atom. The number of piperidine rings is 1. The Morgan fingerprint density at radius 1 is 1.22 bits per heavy atom. The molecule has 3 aliphatic heterocycles. The summed E-state index contributed by atoms with van der Waals surface area (Å²) in [5.41, 5.74) is 3.22. The zero-order valence-corrected chi connectivity index (χ0v) is 19.4. The summed E-state index contributed by atoms with van der Waals surface area (Å²) in [4.78, 5) is 26.5. The van der Waals surface area contributed by atoms with Gasteiger partial charge in [0.1, 0.15) is 6.26 Å². The second-order valence-electron chi connectivity index (χ2n) is 9.06. The van der Waals surface area contributed by atoms with Crippen LogP contribution < -0.4 is 5.56 Å². The Labute approximate surface area is 192 Å². The molecule has 8 nitrogen and oxygen atoms in total. The Balaban J connectivity index is 0.000000775. The Kier molecular flexibility index (Phi) is 7.70. The summed E-state index contributed by atoms with van der Waals surface area (Å²) in [5, 5.41) is 10.9. The molecule has 5 heterocycles. The molecule has 5 rings (SSSR count). The number of pyridine rings is 1. The van der Waals surface area contributed by atoms with Crippen LogP contribution in [-0.2, 0) is 24.4 Å². The molecule has 3 aliphatic rings. The van der Waals surface area contributed by atoms with Crippen molar-refractivity contribution in [2.45, 2.75) is 50.9 Å². The fourth-order valence-electron chi connectivity index (χ4n) is 5.44. The molecule has 174 valence electrons. The van der Waals surface area contributed by atoms with Crippen LogP contribution in [-0.4, -0.2) is 68.8 Å². The smallest absolute Gasteiger partial charge is 0.290 e. The predicted molar refractivity (Wildman–Crippen MR) is 124 cm³/mol. The average molecular weight is 461 g/mol. The van der Waals surface area contributed by atoms with Gasteiger partial charge >= 0.3 is 0 Å². The molecule has 2 fully saturated rings. The van der Waals surface area contributed by atoms with Crippen molar-refractivity contribution in [3.8, 4) is 0 Å². The number of hydrogen-bond donors (Lipinski definition) is 1. The molecule has 2 bridgehead atoms. The monoisotopic (exact) mass is 460 g/mol. The number of carboxylic acid groups (broad SMARTS) is 1. The van der Waals surface area contributed by atoms with Crippen LogP contribution in [0.3, 0.4) is 0 Å². The normalized spacial score (nSPS) is 23.3. The molecule has 0 spiro atoms. The molecule has 2 aromatic rings. The largest absolute Gasteiger partial charge is 0.483 e. The third-order valence-electron chi connectivity index (χ3n) is 6.78. The van der Waals surface area contributed by atoms with Gasteiger partial charge in [0.25, 0.3) is 12.0 Å². The van der Waals surface area contributed by atoms with E-state index in [1.807, 2.05) is 13.1 Å². The molecular formula is C23H32N4O4S. The number of nitrogens with zero attached hydrogens (tertiary/aromatic N) is 4. The molecule has 0 aliphatic carbocycles. The molecule has 2 atom stereocenters. The maximum absolute atomic E-state index is 13.3. The van der Waals surface area contributed by atoms with Crippen molar-refractivity contribution >= 4 is 18.2 Å². The van der Waals surface area contributed by atoms with E-state index in [-0.39, 0.29) is 12.0 Å². The van der Waals surface area contributed by atoms with Gasteiger partial charge in [0.2, 0.25) is 0 Å². The summed E-state index contributed by atoms with van der Waals surface area (Å²) in [6.07, 6.45) is 5.48. The van der Waals surface area contributed by atoms with Gasteiger partial charge in [-0.3, -0.25) is 19.4 Å². The van der Waals surface area contributed by atoms with Crippen molar-refractivity contribution in [1.29, 1.82) is 0 Å². The molecular weight excluding hydrogens is 428 g/mol. The molecule has 0 saturated carbocycles. The van der Waals surface area contributed by atoms with Crippen LogP contribution in [0.25, 0.3) is 0 Å². The van der Waals surface area contributed by atoms with E-state index in [4.69, 9.17) is 14.4 Å². The lowest BCUT2D eigenvalue weighted by molar-refractivity contribution is -0.122. The first-order chi connectivity index (χ1) is 15.6. The number of aromatic nitrogens is 2. The van der Waals surface area contributed by atoms with E-state index in [2.05, 4.69) is 43.4 Å². The molecule has 9 heteroatoms. The van der Waals surface area contributed by atoms with Crippen molar-refractivity contribution in [3.63, 3.8) is 0 Å². The quantitative estimate of drug-likeness (QED) is 0.681. The minimum Gasteiger partial charge on any atom is -0.483 e. The van der Waals surface area contributed by atoms with Crippen LogP contribution in [0.5, 0.6) is 0 Å². The topological polar surface area (TPSA) is 91.8 Å². The van der Waals surface area contributed by atoms with Gasteiger partial charge in [0.05, 0.1) is 5.69 Å². The van der Waals surface area contributed by atoms with E-state index in [1.54, 1.807) is 6.26 Å². The fourth-order valence-corrected chi connectivity index (χ4v) is 6.52. The number of thioether (sulfide) groups is 1. The second-order valence-corrected chi connectivity index (χ2v) is 10.3. The predicted octanol–water partition coefficient (Wildman–Crippen LogP) is 2.48. The van der Waals surface area contributed by atoms with Crippen LogP contribution in [0, 0.1) is 5.92 Å². The molecule has 0 radical (unpaired) electrons. The summed E-state index contributed by atoms with van der Waals surface area (Å²) in [5.74, 6) is 3.72. The number of fused-ring (bicyclic) bond motifs is 4. The molecule has 0 aromatic carbocycles. The van der Waals surface area contributed by atoms with Crippen LogP contribution >= 0.6 is 11.8 Å². The first-order valence-electron chi connectivity index (χ1n) is 11.3.